The van der Waals surface area contributed by atoms with Gasteiger partial charge in [0.15, 0.2) is 0 Å². The summed E-state index contributed by atoms with van der Waals surface area (Å²) in [5.74, 6) is 1.33. The van der Waals surface area contributed by atoms with Crippen LogP contribution in [0.1, 0.15) is 26.2 Å². The molecule has 0 bridgehead atoms. The van der Waals surface area contributed by atoms with Crippen LogP contribution in [0.2, 0.25) is 0 Å². The third kappa shape index (κ3) is 3.73. The van der Waals surface area contributed by atoms with E-state index in [4.69, 9.17) is 0 Å². The monoisotopic (exact) mass is 301 g/mol. The molecule has 1 N–H and O–H groups in total. The lowest BCUT2D eigenvalue weighted by Gasteiger charge is -2.30. The third-order valence-electron chi connectivity index (χ3n) is 5.02. The number of likely N-dealkylation sites (tertiary alicyclic amines) is 1. The molecule has 22 heavy (non-hydrogen) atoms. The lowest BCUT2D eigenvalue weighted by molar-refractivity contribution is 0.173. The van der Waals surface area contributed by atoms with Crippen LogP contribution < -0.4 is 10.2 Å². The fraction of sp³-hybridized carbons (Fsp3) is 0.611. The molecule has 4 nitrogen and oxygen atoms in total. The Kier molecular flexibility index (Phi) is 4.86. The van der Waals surface area contributed by atoms with Crippen LogP contribution in [0.4, 0.5) is 10.5 Å². The normalized spacial score (nSPS) is 22.9. The number of piperidine rings is 1. The molecular weight excluding hydrogens is 274 g/mol. The summed E-state index contributed by atoms with van der Waals surface area (Å²) < 4.78 is 0. The summed E-state index contributed by atoms with van der Waals surface area (Å²) in [4.78, 5) is 16.6. The van der Waals surface area contributed by atoms with E-state index in [0.717, 1.165) is 57.9 Å². The predicted octanol–water partition coefficient (Wildman–Crippen LogP) is 2.95. The average molecular weight is 301 g/mol. The topological polar surface area (TPSA) is 35.6 Å². The van der Waals surface area contributed by atoms with Gasteiger partial charge in [-0.05, 0) is 43.2 Å². The maximum atomic E-state index is 12.2. The Morgan fingerprint density at radius 1 is 1.14 bits per heavy atom. The zero-order valence-electron chi connectivity index (χ0n) is 13.5. The maximum Gasteiger partial charge on any atom is 0.317 e. The van der Waals surface area contributed by atoms with Crippen LogP contribution in [-0.2, 0) is 0 Å². The van der Waals surface area contributed by atoms with Gasteiger partial charge in [-0.1, -0.05) is 25.1 Å². The summed E-state index contributed by atoms with van der Waals surface area (Å²) in [6.07, 6.45) is 3.43. The van der Waals surface area contributed by atoms with E-state index in [0.29, 0.717) is 5.92 Å². The third-order valence-corrected chi connectivity index (χ3v) is 5.02. The molecule has 120 valence electrons. The van der Waals surface area contributed by atoms with Gasteiger partial charge in [-0.15, -0.1) is 0 Å². The van der Waals surface area contributed by atoms with E-state index in [1.165, 1.54) is 5.69 Å². The van der Waals surface area contributed by atoms with Crippen molar-refractivity contribution >= 4 is 11.7 Å². The van der Waals surface area contributed by atoms with E-state index in [9.17, 15) is 4.79 Å². The summed E-state index contributed by atoms with van der Waals surface area (Å²) in [5.41, 5.74) is 1.29. The van der Waals surface area contributed by atoms with Crippen LogP contribution in [0.15, 0.2) is 30.3 Å². The van der Waals surface area contributed by atoms with E-state index in [1.807, 2.05) is 4.90 Å². The predicted molar refractivity (Wildman–Crippen MR) is 90.1 cm³/mol. The number of urea groups is 1. The molecule has 2 aliphatic rings. The van der Waals surface area contributed by atoms with Crippen LogP contribution in [0.25, 0.3) is 0 Å². The highest BCUT2D eigenvalue weighted by molar-refractivity contribution is 5.74. The van der Waals surface area contributed by atoms with Crippen molar-refractivity contribution < 1.29 is 4.79 Å². The number of rotatable bonds is 3. The van der Waals surface area contributed by atoms with Crippen LogP contribution in [0.5, 0.6) is 0 Å². The van der Waals surface area contributed by atoms with Crippen molar-refractivity contribution in [1.82, 2.24) is 10.2 Å². The second kappa shape index (κ2) is 7.03. The first-order valence-electron chi connectivity index (χ1n) is 8.55. The smallest absolute Gasteiger partial charge is 0.317 e. The van der Waals surface area contributed by atoms with Crippen molar-refractivity contribution in [2.75, 3.05) is 37.6 Å². The number of hydrogen-bond acceptors (Lipinski definition) is 2. The van der Waals surface area contributed by atoms with E-state index in [2.05, 4.69) is 47.5 Å². The number of carbonyl (C=O) groups excluding carboxylic acids is 1. The number of para-hydroxylation sites is 1. The molecule has 2 saturated heterocycles. The SMILES string of the molecule is CC1CCN(C(=O)NCC2CCN(c3ccccc3)C2)CC1. The van der Waals surface area contributed by atoms with Gasteiger partial charge in [-0.25, -0.2) is 4.79 Å². The van der Waals surface area contributed by atoms with Crippen LogP contribution in [-0.4, -0.2) is 43.7 Å². The molecule has 1 aromatic rings. The molecule has 0 saturated carbocycles. The average Bonchev–Trinajstić information content (AvgIpc) is 3.03. The number of hydrogen-bond donors (Lipinski definition) is 1. The molecule has 4 heteroatoms. The highest BCUT2D eigenvalue weighted by Crippen LogP contribution is 2.23. The number of amides is 2. The zero-order valence-corrected chi connectivity index (χ0v) is 13.5. The van der Waals surface area contributed by atoms with E-state index in [1.54, 1.807) is 0 Å². The lowest BCUT2D eigenvalue weighted by atomic mass is 10.00. The molecule has 2 heterocycles. The molecule has 2 fully saturated rings. The molecule has 1 aromatic carbocycles. The molecule has 1 atom stereocenters. The number of benzene rings is 1. The fourth-order valence-corrected chi connectivity index (χ4v) is 3.43. The standard InChI is InChI=1S/C18H27N3O/c1-15-7-10-20(11-8-15)18(22)19-13-16-9-12-21(14-16)17-5-3-2-4-6-17/h2-6,15-16H,7-14H2,1H3,(H,19,22). The molecule has 0 aromatic heterocycles. The molecule has 0 radical (unpaired) electrons. The van der Waals surface area contributed by atoms with Gasteiger partial charge in [0.1, 0.15) is 0 Å². The maximum absolute atomic E-state index is 12.2. The minimum atomic E-state index is 0.130. The van der Waals surface area contributed by atoms with Crippen LogP contribution in [0.3, 0.4) is 0 Å². The summed E-state index contributed by atoms with van der Waals surface area (Å²) in [5, 5.41) is 3.14. The molecule has 2 aliphatic heterocycles. The van der Waals surface area contributed by atoms with Crippen molar-refractivity contribution in [3.63, 3.8) is 0 Å². The van der Waals surface area contributed by atoms with Crippen LogP contribution in [0, 0.1) is 11.8 Å². The van der Waals surface area contributed by atoms with Gasteiger partial charge in [0.25, 0.3) is 0 Å². The van der Waals surface area contributed by atoms with Crippen molar-refractivity contribution in [3.8, 4) is 0 Å². The Hall–Kier alpha value is -1.71. The Balaban J connectivity index is 1.42. The van der Waals surface area contributed by atoms with Gasteiger partial charge in [-0.3, -0.25) is 0 Å². The largest absolute Gasteiger partial charge is 0.371 e. The second-order valence-corrected chi connectivity index (χ2v) is 6.79. The summed E-state index contributed by atoms with van der Waals surface area (Å²) in [6.45, 7) is 7.02. The van der Waals surface area contributed by atoms with E-state index in [-0.39, 0.29) is 6.03 Å². The summed E-state index contributed by atoms with van der Waals surface area (Å²) in [6, 6.07) is 10.7. The van der Waals surface area contributed by atoms with Crippen molar-refractivity contribution in [3.05, 3.63) is 30.3 Å². The van der Waals surface area contributed by atoms with E-state index >= 15 is 0 Å². The minimum absolute atomic E-state index is 0.130. The van der Waals surface area contributed by atoms with Gasteiger partial charge in [-0.2, -0.15) is 0 Å². The van der Waals surface area contributed by atoms with Crippen molar-refractivity contribution in [1.29, 1.82) is 0 Å². The van der Waals surface area contributed by atoms with Crippen LogP contribution >= 0.6 is 0 Å². The van der Waals surface area contributed by atoms with Crippen molar-refractivity contribution in [2.45, 2.75) is 26.2 Å². The molecule has 2 amide bonds. The first-order valence-corrected chi connectivity index (χ1v) is 8.55. The first kappa shape index (κ1) is 15.2. The quantitative estimate of drug-likeness (QED) is 0.931. The van der Waals surface area contributed by atoms with Gasteiger partial charge >= 0.3 is 6.03 Å². The molecule has 0 spiro atoms. The van der Waals surface area contributed by atoms with Gasteiger partial charge in [0, 0.05) is 38.4 Å². The zero-order chi connectivity index (χ0) is 15.4. The highest BCUT2D eigenvalue weighted by Gasteiger charge is 2.25. The Morgan fingerprint density at radius 2 is 1.86 bits per heavy atom. The molecular formula is C18H27N3O. The fourth-order valence-electron chi connectivity index (χ4n) is 3.43. The lowest BCUT2D eigenvalue weighted by Crippen LogP contribution is -2.45. The summed E-state index contributed by atoms with van der Waals surface area (Å²) >= 11 is 0. The molecule has 0 aliphatic carbocycles. The Bertz CT molecular complexity index is 482. The second-order valence-electron chi connectivity index (χ2n) is 6.79. The highest BCUT2D eigenvalue weighted by atomic mass is 16.2. The number of anilines is 1. The Morgan fingerprint density at radius 3 is 2.59 bits per heavy atom. The molecule has 1 unspecified atom stereocenters. The van der Waals surface area contributed by atoms with Gasteiger partial charge < -0.3 is 15.1 Å². The summed E-state index contributed by atoms with van der Waals surface area (Å²) in [7, 11) is 0. The first-order chi connectivity index (χ1) is 10.7. The minimum Gasteiger partial charge on any atom is -0.371 e. The van der Waals surface area contributed by atoms with Crippen molar-refractivity contribution in [2.24, 2.45) is 11.8 Å². The molecule has 3 rings (SSSR count). The van der Waals surface area contributed by atoms with Gasteiger partial charge in [0.2, 0.25) is 0 Å². The van der Waals surface area contributed by atoms with E-state index < -0.39 is 0 Å². The van der Waals surface area contributed by atoms with Gasteiger partial charge in [0.05, 0.1) is 0 Å². The Labute approximate surface area is 133 Å². The number of nitrogens with zero attached hydrogens (tertiary/aromatic N) is 2. The number of carbonyl (C=O) groups is 1. The number of nitrogens with one attached hydrogen (secondary N) is 1.